The van der Waals surface area contributed by atoms with Crippen molar-refractivity contribution < 1.29 is 22.7 Å². The van der Waals surface area contributed by atoms with Crippen molar-refractivity contribution in [1.82, 2.24) is 14.6 Å². The van der Waals surface area contributed by atoms with Crippen LogP contribution < -0.4 is 5.32 Å². The summed E-state index contributed by atoms with van der Waals surface area (Å²) in [7, 11) is -4.10. The van der Waals surface area contributed by atoms with E-state index in [2.05, 4.69) is 10.3 Å². The molecule has 1 atom stereocenters. The monoisotopic (exact) mass is 529 g/mol. The van der Waals surface area contributed by atoms with Crippen LogP contribution in [-0.2, 0) is 32.7 Å². The molecule has 0 bridgehead atoms. The van der Waals surface area contributed by atoms with Gasteiger partial charge in [-0.1, -0.05) is 72.8 Å². The molecule has 5 rings (SSSR count). The van der Waals surface area contributed by atoms with Gasteiger partial charge in [0, 0.05) is 30.1 Å². The van der Waals surface area contributed by atoms with Gasteiger partial charge < -0.3 is 10.1 Å². The lowest BCUT2D eigenvalue weighted by molar-refractivity contribution is -0.122. The largest absolute Gasteiger partial charge is 0.375 e. The number of hydrogen-bond donors (Lipinski definition) is 1. The number of rotatable bonds is 7. The zero-order valence-electron chi connectivity index (χ0n) is 20.6. The molecule has 8 nitrogen and oxygen atoms in total. The van der Waals surface area contributed by atoms with Gasteiger partial charge in [0.1, 0.15) is 4.90 Å². The van der Waals surface area contributed by atoms with Crippen molar-refractivity contribution in [2.45, 2.75) is 30.5 Å². The molecule has 4 aromatic rings. The van der Waals surface area contributed by atoms with E-state index in [9.17, 15) is 18.0 Å². The number of pyridine rings is 1. The van der Waals surface area contributed by atoms with E-state index in [1.54, 1.807) is 42.6 Å². The normalized spacial score (nSPS) is 16.3. The Balaban J connectivity index is 1.44. The van der Waals surface area contributed by atoms with E-state index < -0.39 is 22.0 Å². The third-order valence-corrected chi connectivity index (χ3v) is 8.49. The number of benzene rings is 3. The summed E-state index contributed by atoms with van der Waals surface area (Å²) in [5, 5.41) is 3.35. The molecule has 1 N–H and O–H groups in total. The number of Topliss-reactive ketones (excluding diaryl/α,β-unsaturated/α-hetero) is 1. The minimum atomic E-state index is -4.10. The second-order valence-electron chi connectivity index (χ2n) is 9.09. The van der Waals surface area contributed by atoms with E-state index in [0.717, 1.165) is 11.1 Å². The molecule has 0 aliphatic carbocycles. The molecule has 0 saturated carbocycles. The number of carbonyl (C=O) groups excluding carboxylic acids is 2. The fraction of sp³-hybridized carbons (Fsp3) is 0.207. The van der Waals surface area contributed by atoms with Crippen LogP contribution in [-0.4, -0.2) is 48.6 Å². The van der Waals surface area contributed by atoms with Gasteiger partial charge in [0.2, 0.25) is 15.9 Å². The molecule has 0 spiro atoms. The minimum absolute atomic E-state index is 0.0197. The smallest absolute Gasteiger partial charge is 0.245 e. The molecular weight excluding hydrogens is 502 g/mol. The average molecular weight is 530 g/mol. The molecule has 2 heterocycles. The van der Waals surface area contributed by atoms with Crippen LogP contribution in [0, 0.1) is 0 Å². The molecular formula is C29H27N3O5S. The standard InChI is InChI=1S/C29H27N3O5S/c33-26(21-8-2-1-3-9-21)17-31-28(34)16-25-20-37-19-24-11-5-4-10-23(24)18-32(25)38(35,36)27-14-6-12-22-13-7-15-30-29(22)27/h1-15,25H,16-20H2,(H,31,34). The first-order valence-electron chi connectivity index (χ1n) is 12.3. The number of para-hydroxylation sites is 1. The fourth-order valence-corrected chi connectivity index (χ4v) is 6.34. The summed E-state index contributed by atoms with van der Waals surface area (Å²) >= 11 is 0. The number of ketones is 1. The van der Waals surface area contributed by atoms with Gasteiger partial charge in [0.05, 0.1) is 31.3 Å². The van der Waals surface area contributed by atoms with Crippen molar-refractivity contribution in [3.8, 4) is 0 Å². The van der Waals surface area contributed by atoms with Gasteiger partial charge in [-0.05, 0) is 23.3 Å². The summed E-state index contributed by atoms with van der Waals surface area (Å²) in [5.74, 6) is -0.666. The number of carbonyl (C=O) groups is 2. The average Bonchev–Trinajstić information content (AvgIpc) is 2.93. The van der Waals surface area contributed by atoms with Crippen LogP contribution in [0.1, 0.15) is 27.9 Å². The van der Waals surface area contributed by atoms with Crippen LogP contribution in [0.5, 0.6) is 0 Å². The van der Waals surface area contributed by atoms with E-state index in [1.165, 1.54) is 10.4 Å². The number of nitrogens with zero attached hydrogens (tertiary/aromatic N) is 2. The summed E-state index contributed by atoms with van der Waals surface area (Å²) in [5.41, 5.74) is 2.54. The highest BCUT2D eigenvalue weighted by molar-refractivity contribution is 7.89. The predicted octanol–water partition coefficient (Wildman–Crippen LogP) is 3.71. The second kappa shape index (κ2) is 11.2. The molecule has 1 aromatic heterocycles. The fourth-order valence-electron chi connectivity index (χ4n) is 4.58. The molecule has 3 aromatic carbocycles. The zero-order chi connectivity index (χ0) is 26.5. The van der Waals surface area contributed by atoms with Crippen molar-refractivity contribution in [3.05, 3.63) is 108 Å². The van der Waals surface area contributed by atoms with Gasteiger partial charge in [-0.15, -0.1) is 0 Å². The SMILES string of the molecule is O=C(CC1COCc2ccccc2CN1S(=O)(=O)c1cccc2cccnc12)NCC(=O)c1ccccc1. The molecule has 0 fully saturated rings. The Hall–Kier alpha value is -3.92. The van der Waals surface area contributed by atoms with Crippen LogP contribution in [0.2, 0.25) is 0 Å². The summed E-state index contributed by atoms with van der Waals surface area (Å²) in [4.78, 5) is 29.8. The van der Waals surface area contributed by atoms with E-state index in [-0.39, 0.29) is 36.8 Å². The van der Waals surface area contributed by atoms with Crippen molar-refractivity contribution in [2.24, 2.45) is 0 Å². The topological polar surface area (TPSA) is 106 Å². The molecule has 0 saturated heterocycles. The first kappa shape index (κ1) is 25.7. The quantitative estimate of drug-likeness (QED) is 0.366. The second-order valence-corrected chi connectivity index (χ2v) is 10.9. The maximum atomic E-state index is 14.2. The van der Waals surface area contributed by atoms with E-state index in [0.29, 0.717) is 23.1 Å². The Kier molecular flexibility index (Phi) is 7.59. The van der Waals surface area contributed by atoms with E-state index in [1.807, 2.05) is 42.5 Å². The number of hydrogen-bond acceptors (Lipinski definition) is 6. The Morgan fingerprint density at radius 3 is 2.47 bits per heavy atom. The molecule has 0 radical (unpaired) electrons. The highest BCUT2D eigenvalue weighted by atomic mass is 32.2. The van der Waals surface area contributed by atoms with E-state index >= 15 is 0 Å². The molecule has 9 heteroatoms. The Morgan fingerprint density at radius 2 is 1.66 bits per heavy atom. The first-order chi connectivity index (χ1) is 18.4. The first-order valence-corrected chi connectivity index (χ1v) is 13.7. The van der Waals surface area contributed by atoms with Crippen LogP contribution >= 0.6 is 0 Å². The maximum Gasteiger partial charge on any atom is 0.245 e. The molecule has 1 unspecified atom stereocenters. The Labute approximate surface area is 221 Å². The van der Waals surface area contributed by atoms with Gasteiger partial charge in [-0.25, -0.2) is 8.42 Å². The number of ether oxygens (including phenoxy) is 1. The van der Waals surface area contributed by atoms with Crippen LogP contribution in [0.25, 0.3) is 10.9 Å². The molecule has 1 amide bonds. The van der Waals surface area contributed by atoms with Crippen LogP contribution in [0.15, 0.2) is 96.0 Å². The molecule has 1 aliphatic heterocycles. The highest BCUT2D eigenvalue weighted by Crippen LogP contribution is 2.30. The lowest BCUT2D eigenvalue weighted by Crippen LogP contribution is -2.46. The highest BCUT2D eigenvalue weighted by Gasteiger charge is 2.36. The maximum absolute atomic E-state index is 14.2. The van der Waals surface area contributed by atoms with Gasteiger partial charge in [0.25, 0.3) is 0 Å². The van der Waals surface area contributed by atoms with Crippen molar-refractivity contribution in [3.63, 3.8) is 0 Å². The predicted molar refractivity (Wildman–Crippen MR) is 143 cm³/mol. The third kappa shape index (κ3) is 5.50. The van der Waals surface area contributed by atoms with Crippen LogP contribution in [0.4, 0.5) is 0 Å². The number of aromatic nitrogens is 1. The third-order valence-electron chi connectivity index (χ3n) is 6.56. The molecule has 1 aliphatic rings. The van der Waals surface area contributed by atoms with Crippen molar-refractivity contribution >= 4 is 32.6 Å². The van der Waals surface area contributed by atoms with Gasteiger partial charge in [0.15, 0.2) is 5.78 Å². The summed E-state index contributed by atoms with van der Waals surface area (Å²) < 4.78 is 35.5. The minimum Gasteiger partial charge on any atom is -0.375 e. The number of sulfonamides is 1. The lowest BCUT2D eigenvalue weighted by atomic mass is 10.1. The molecule has 194 valence electrons. The number of nitrogens with one attached hydrogen (secondary N) is 1. The number of fused-ring (bicyclic) bond motifs is 2. The zero-order valence-corrected chi connectivity index (χ0v) is 21.4. The molecule has 38 heavy (non-hydrogen) atoms. The summed E-state index contributed by atoms with van der Waals surface area (Å²) in [6.45, 7) is 0.224. The Bertz CT molecular complexity index is 1570. The van der Waals surface area contributed by atoms with E-state index in [4.69, 9.17) is 4.74 Å². The van der Waals surface area contributed by atoms with Crippen molar-refractivity contribution in [1.29, 1.82) is 0 Å². The van der Waals surface area contributed by atoms with Gasteiger partial charge in [-0.2, -0.15) is 4.31 Å². The van der Waals surface area contributed by atoms with Crippen molar-refractivity contribution in [2.75, 3.05) is 13.2 Å². The Morgan fingerprint density at radius 1 is 0.921 bits per heavy atom. The van der Waals surface area contributed by atoms with Crippen LogP contribution in [0.3, 0.4) is 0 Å². The van der Waals surface area contributed by atoms with Gasteiger partial charge >= 0.3 is 0 Å². The van der Waals surface area contributed by atoms with Gasteiger partial charge in [-0.3, -0.25) is 14.6 Å². The lowest BCUT2D eigenvalue weighted by Gasteiger charge is -2.33. The summed E-state index contributed by atoms with van der Waals surface area (Å²) in [6, 6.07) is 24.0. The summed E-state index contributed by atoms with van der Waals surface area (Å²) in [6.07, 6.45) is 1.39. The number of amides is 1.